The summed E-state index contributed by atoms with van der Waals surface area (Å²) >= 11 is 1.89. The number of hydrogen-bond acceptors (Lipinski definition) is 4. The van der Waals surface area contributed by atoms with Gasteiger partial charge in [0.05, 0.1) is 5.69 Å². The van der Waals surface area contributed by atoms with Crippen LogP contribution in [0, 0.1) is 0 Å². The van der Waals surface area contributed by atoms with E-state index in [2.05, 4.69) is 26.7 Å². The number of nitrogens with zero attached hydrogens (tertiary/aromatic N) is 2. The zero-order valence-corrected chi connectivity index (χ0v) is 10.4. The van der Waals surface area contributed by atoms with Crippen LogP contribution in [0.5, 0.6) is 0 Å². The van der Waals surface area contributed by atoms with Crippen molar-refractivity contribution in [3.05, 3.63) is 46.2 Å². The molecule has 1 atom stereocenters. The van der Waals surface area contributed by atoms with Gasteiger partial charge in [0.15, 0.2) is 0 Å². The highest BCUT2D eigenvalue weighted by molar-refractivity contribution is 7.10. The van der Waals surface area contributed by atoms with Gasteiger partial charge in [-0.05, 0) is 42.3 Å². The number of fused-ring (bicyclic) bond motifs is 1. The van der Waals surface area contributed by atoms with Crippen LogP contribution in [-0.2, 0) is 13.0 Å². The van der Waals surface area contributed by atoms with E-state index in [1.807, 2.05) is 17.4 Å². The molecule has 0 radical (unpaired) electrons. The molecule has 1 N–H and O–H groups in total. The molecule has 3 rings (SSSR count). The predicted molar refractivity (Wildman–Crippen MR) is 68.9 cm³/mol. The Bertz CT molecular complexity index is 480. The van der Waals surface area contributed by atoms with E-state index in [0.717, 1.165) is 12.2 Å². The van der Waals surface area contributed by atoms with Crippen molar-refractivity contribution in [1.82, 2.24) is 15.3 Å². The van der Waals surface area contributed by atoms with Crippen LogP contribution in [0.2, 0.25) is 0 Å². The Morgan fingerprint density at radius 2 is 2.41 bits per heavy atom. The zero-order chi connectivity index (χ0) is 11.5. The van der Waals surface area contributed by atoms with Crippen molar-refractivity contribution < 1.29 is 0 Å². The first-order valence-corrected chi connectivity index (χ1v) is 6.86. The summed E-state index contributed by atoms with van der Waals surface area (Å²) in [6.07, 6.45) is 7.16. The molecule has 0 aliphatic heterocycles. The lowest BCUT2D eigenvalue weighted by molar-refractivity contribution is 0.460. The molecule has 0 aromatic carbocycles. The molecule has 1 aliphatic carbocycles. The van der Waals surface area contributed by atoms with Crippen molar-refractivity contribution in [1.29, 1.82) is 0 Å². The Hall–Kier alpha value is -1.26. The third-order valence-corrected chi connectivity index (χ3v) is 4.22. The molecule has 0 spiro atoms. The topological polar surface area (TPSA) is 37.8 Å². The fourth-order valence-electron chi connectivity index (χ4n) is 2.35. The molecular weight excluding hydrogens is 230 g/mol. The fourth-order valence-corrected chi connectivity index (χ4v) is 3.34. The van der Waals surface area contributed by atoms with E-state index in [1.54, 1.807) is 17.4 Å². The lowest BCUT2D eigenvalue weighted by Crippen LogP contribution is -2.24. The van der Waals surface area contributed by atoms with Crippen LogP contribution in [0.25, 0.3) is 0 Å². The summed E-state index contributed by atoms with van der Waals surface area (Å²) < 4.78 is 0. The van der Waals surface area contributed by atoms with Gasteiger partial charge in [0.1, 0.15) is 6.33 Å². The average molecular weight is 245 g/mol. The standard InChI is InChI=1S/C13H15N3S/c1-2-12(11-5-7-17-13(11)3-1)15-8-10-4-6-14-9-16-10/h4-7,9,12,15H,1-3,8H2. The lowest BCUT2D eigenvalue weighted by Gasteiger charge is -2.23. The number of thiophene rings is 1. The molecule has 3 nitrogen and oxygen atoms in total. The van der Waals surface area contributed by atoms with Crippen molar-refractivity contribution in [3.63, 3.8) is 0 Å². The molecule has 4 heteroatoms. The van der Waals surface area contributed by atoms with Gasteiger partial charge in [-0.1, -0.05) is 0 Å². The smallest absolute Gasteiger partial charge is 0.115 e. The van der Waals surface area contributed by atoms with Crippen LogP contribution in [0.1, 0.15) is 35.0 Å². The molecule has 0 amide bonds. The van der Waals surface area contributed by atoms with Gasteiger partial charge in [0, 0.05) is 23.7 Å². The van der Waals surface area contributed by atoms with E-state index < -0.39 is 0 Å². The normalized spacial score (nSPS) is 18.9. The van der Waals surface area contributed by atoms with Crippen LogP contribution >= 0.6 is 11.3 Å². The Morgan fingerprint density at radius 3 is 3.29 bits per heavy atom. The monoisotopic (exact) mass is 245 g/mol. The second kappa shape index (κ2) is 4.94. The second-order valence-electron chi connectivity index (χ2n) is 4.33. The molecule has 1 aliphatic rings. The van der Waals surface area contributed by atoms with Crippen LogP contribution in [0.4, 0.5) is 0 Å². The summed E-state index contributed by atoms with van der Waals surface area (Å²) in [6.45, 7) is 0.822. The third kappa shape index (κ3) is 2.37. The van der Waals surface area contributed by atoms with Crippen LogP contribution < -0.4 is 5.32 Å². The van der Waals surface area contributed by atoms with E-state index >= 15 is 0 Å². The van der Waals surface area contributed by atoms with E-state index in [4.69, 9.17) is 0 Å². The molecule has 0 saturated heterocycles. The SMILES string of the molecule is c1cc(CNC2CCCc3sccc32)ncn1. The van der Waals surface area contributed by atoms with E-state index in [9.17, 15) is 0 Å². The minimum Gasteiger partial charge on any atom is -0.304 e. The van der Waals surface area contributed by atoms with Gasteiger partial charge in [-0.15, -0.1) is 11.3 Å². The molecule has 0 bridgehead atoms. The molecule has 2 aromatic rings. The first kappa shape index (κ1) is 10.9. The second-order valence-corrected chi connectivity index (χ2v) is 5.33. The van der Waals surface area contributed by atoms with Crippen LogP contribution in [0.3, 0.4) is 0 Å². The number of rotatable bonds is 3. The van der Waals surface area contributed by atoms with Crippen molar-refractivity contribution in [3.8, 4) is 0 Å². The summed E-state index contributed by atoms with van der Waals surface area (Å²) in [4.78, 5) is 9.72. The van der Waals surface area contributed by atoms with Gasteiger partial charge in [-0.25, -0.2) is 9.97 Å². The van der Waals surface area contributed by atoms with Gasteiger partial charge >= 0.3 is 0 Å². The van der Waals surface area contributed by atoms with Gasteiger partial charge in [0.2, 0.25) is 0 Å². The molecule has 0 saturated carbocycles. The summed E-state index contributed by atoms with van der Waals surface area (Å²) in [5.41, 5.74) is 2.55. The minimum atomic E-state index is 0.500. The van der Waals surface area contributed by atoms with E-state index in [0.29, 0.717) is 6.04 Å². The average Bonchev–Trinajstić information content (AvgIpc) is 2.86. The third-order valence-electron chi connectivity index (χ3n) is 3.22. The summed E-state index contributed by atoms with van der Waals surface area (Å²) in [7, 11) is 0. The number of nitrogens with one attached hydrogen (secondary N) is 1. The van der Waals surface area contributed by atoms with Crippen LogP contribution in [-0.4, -0.2) is 9.97 Å². The predicted octanol–water partition coefficient (Wildman–Crippen LogP) is 2.71. The highest BCUT2D eigenvalue weighted by Crippen LogP contribution is 2.33. The van der Waals surface area contributed by atoms with Crippen molar-refractivity contribution >= 4 is 11.3 Å². The Balaban J connectivity index is 1.68. The Morgan fingerprint density at radius 1 is 1.41 bits per heavy atom. The zero-order valence-electron chi connectivity index (χ0n) is 9.60. The van der Waals surface area contributed by atoms with Gasteiger partial charge in [-0.3, -0.25) is 0 Å². The van der Waals surface area contributed by atoms with Gasteiger partial charge in [0.25, 0.3) is 0 Å². The van der Waals surface area contributed by atoms with Gasteiger partial charge in [-0.2, -0.15) is 0 Å². The van der Waals surface area contributed by atoms with E-state index in [-0.39, 0.29) is 0 Å². The quantitative estimate of drug-likeness (QED) is 0.903. The van der Waals surface area contributed by atoms with Crippen molar-refractivity contribution in [2.45, 2.75) is 31.8 Å². The number of hydrogen-bond donors (Lipinski definition) is 1. The Labute approximate surface area is 105 Å². The largest absolute Gasteiger partial charge is 0.304 e. The molecule has 88 valence electrons. The van der Waals surface area contributed by atoms with Crippen molar-refractivity contribution in [2.24, 2.45) is 0 Å². The number of aryl methyl sites for hydroxylation is 1. The summed E-state index contributed by atoms with van der Waals surface area (Å²) in [5, 5.41) is 5.80. The first-order chi connectivity index (χ1) is 8.43. The summed E-state index contributed by atoms with van der Waals surface area (Å²) in [5.74, 6) is 0. The maximum Gasteiger partial charge on any atom is 0.115 e. The Kier molecular flexibility index (Phi) is 3.16. The number of aromatic nitrogens is 2. The highest BCUT2D eigenvalue weighted by atomic mass is 32.1. The maximum absolute atomic E-state index is 4.24. The maximum atomic E-state index is 4.24. The molecular formula is C13H15N3S. The molecule has 1 unspecified atom stereocenters. The molecule has 0 fully saturated rings. The van der Waals surface area contributed by atoms with E-state index in [1.165, 1.54) is 24.8 Å². The molecule has 17 heavy (non-hydrogen) atoms. The highest BCUT2D eigenvalue weighted by Gasteiger charge is 2.20. The molecule has 2 heterocycles. The fraction of sp³-hybridized carbons (Fsp3) is 0.385. The minimum absolute atomic E-state index is 0.500. The van der Waals surface area contributed by atoms with Crippen LogP contribution in [0.15, 0.2) is 30.0 Å². The summed E-state index contributed by atoms with van der Waals surface area (Å²) in [6, 6.07) is 4.72. The first-order valence-electron chi connectivity index (χ1n) is 5.98. The van der Waals surface area contributed by atoms with Gasteiger partial charge < -0.3 is 5.32 Å². The molecule has 2 aromatic heterocycles. The van der Waals surface area contributed by atoms with Crippen molar-refractivity contribution in [2.75, 3.05) is 0 Å². The lowest BCUT2D eigenvalue weighted by atomic mass is 9.94.